The SMILES string of the molecule is CCC(NC(=O)CNC(=O)c1cc(O)cc(NC2=NCC(F)CN2)c1)c1cc(Cl)cc(C(C)(C)C(F)(F)F)c1. The van der Waals surface area contributed by atoms with Gasteiger partial charge in [0.2, 0.25) is 5.91 Å². The van der Waals surface area contributed by atoms with Gasteiger partial charge in [0, 0.05) is 22.3 Å². The highest BCUT2D eigenvalue weighted by atomic mass is 35.5. The molecule has 0 saturated carbocycles. The van der Waals surface area contributed by atoms with Crippen LogP contribution in [0, 0.1) is 0 Å². The monoisotopic (exact) mass is 571 g/mol. The summed E-state index contributed by atoms with van der Waals surface area (Å²) in [4.78, 5) is 29.3. The predicted octanol–water partition coefficient (Wildman–Crippen LogP) is 4.59. The van der Waals surface area contributed by atoms with Crippen molar-refractivity contribution < 1.29 is 32.3 Å². The third kappa shape index (κ3) is 7.75. The van der Waals surface area contributed by atoms with Gasteiger partial charge in [-0.3, -0.25) is 9.59 Å². The summed E-state index contributed by atoms with van der Waals surface area (Å²) in [5, 5.41) is 20.9. The van der Waals surface area contributed by atoms with E-state index in [0.29, 0.717) is 17.7 Å². The van der Waals surface area contributed by atoms with Gasteiger partial charge in [0.25, 0.3) is 5.91 Å². The average molecular weight is 572 g/mol. The number of rotatable bonds is 8. The van der Waals surface area contributed by atoms with Gasteiger partial charge in [-0.15, -0.1) is 0 Å². The molecule has 1 heterocycles. The number of hydrogen-bond acceptors (Lipinski definition) is 6. The van der Waals surface area contributed by atoms with Crippen LogP contribution in [0.15, 0.2) is 41.4 Å². The van der Waals surface area contributed by atoms with E-state index < -0.39 is 42.2 Å². The Labute approximate surface area is 228 Å². The summed E-state index contributed by atoms with van der Waals surface area (Å²) in [5.74, 6) is -1.17. The predicted molar refractivity (Wildman–Crippen MR) is 141 cm³/mol. The van der Waals surface area contributed by atoms with Crippen LogP contribution in [0.25, 0.3) is 0 Å². The number of benzene rings is 2. The number of hydrogen-bond donors (Lipinski definition) is 5. The Hall–Kier alpha value is -3.54. The molecule has 0 aliphatic carbocycles. The molecule has 212 valence electrons. The van der Waals surface area contributed by atoms with Crippen molar-refractivity contribution in [2.24, 2.45) is 4.99 Å². The molecule has 2 amide bonds. The van der Waals surface area contributed by atoms with E-state index in [-0.39, 0.29) is 40.9 Å². The Morgan fingerprint density at radius 2 is 1.90 bits per heavy atom. The van der Waals surface area contributed by atoms with E-state index in [1.54, 1.807) is 6.92 Å². The van der Waals surface area contributed by atoms with Crippen molar-refractivity contribution in [3.63, 3.8) is 0 Å². The molecule has 2 atom stereocenters. The van der Waals surface area contributed by atoms with Crippen LogP contribution in [0.5, 0.6) is 5.75 Å². The number of aromatic hydroxyl groups is 1. The summed E-state index contributed by atoms with van der Waals surface area (Å²) in [6, 6.07) is 7.43. The van der Waals surface area contributed by atoms with Gasteiger partial charge in [-0.2, -0.15) is 13.2 Å². The van der Waals surface area contributed by atoms with Crippen molar-refractivity contribution in [2.75, 3.05) is 25.0 Å². The van der Waals surface area contributed by atoms with E-state index in [2.05, 4.69) is 26.3 Å². The lowest BCUT2D eigenvalue weighted by Crippen LogP contribution is -2.41. The fraction of sp³-hybridized carbons (Fsp3) is 0.423. The standard InChI is InChI=1S/C26H30ClF4N5O3/c1-4-21(14-5-16(9-17(27)6-14)25(2,3)26(29,30)31)36-22(38)13-32-23(39)15-7-19(10-20(37)8-15)35-24-33-11-18(28)12-34-24/h5-10,18,21,37H,4,11-13H2,1-3H3,(H,32,39)(H,36,38)(H2,33,34,35). The number of alkyl halides is 4. The second kappa shape index (κ2) is 12.1. The van der Waals surface area contributed by atoms with Gasteiger partial charge in [-0.25, -0.2) is 9.38 Å². The van der Waals surface area contributed by atoms with Crippen LogP contribution < -0.4 is 21.3 Å². The second-order valence-corrected chi connectivity index (χ2v) is 10.1. The fourth-order valence-corrected chi connectivity index (χ4v) is 4.06. The van der Waals surface area contributed by atoms with Crippen LogP contribution in [0.4, 0.5) is 23.2 Å². The highest BCUT2D eigenvalue weighted by molar-refractivity contribution is 6.30. The van der Waals surface area contributed by atoms with Crippen molar-refractivity contribution in [1.29, 1.82) is 0 Å². The molecule has 0 fully saturated rings. The third-order valence-corrected chi connectivity index (χ3v) is 6.51. The fourth-order valence-electron chi connectivity index (χ4n) is 3.82. The molecule has 39 heavy (non-hydrogen) atoms. The molecule has 1 aliphatic rings. The van der Waals surface area contributed by atoms with Gasteiger partial charge in [0.05, 0.1) is 31.1 Å². The molecular weight excluding hydrogens is 542 g/mol. The van der Waals surface area contributed by atoms with Crippen LogP contribution in [0.1, 0.15) is 54.7 Å². The van der Waals surface area contributed by atoms with Gasteiger partial charge < -0.3 is 26.4 Å². The maximum Gasteiger partial charge on any atom is 0.397 e. The number of halogens is 5. The quantitative estimate of drug-likeness (QED) is 0.297. The molecule has 2 aromatic rings. The summed E-state index contributed by atoms with van der Waals surface area (Å²) in [6.45, 7) is 3.48. The Morgan fingerprint density at radius 1 is 1.18 bits per heavy atom. The maximum absolute atomic E-state index is 13.6. The van der Waals surface area contributed by atoms with Gasteiger partial charge in [-0.1, -0.05) is 24.6 Å². The Bertz CT molecular complexity index is 1250. The van der Waals surface area contributed by atoms with Crippen LogP contribution in [0.3, 0.4) is 0 Å². The van der Waals surface area contributed by atoms with E-state index in [0.717, 1.165) is 13.8 Å². The van der Waals surface area contributed by atoms with Crippen LogP contribution >= 0.6 is 11.6 Å². The maximum atomic E-state index is 13.6. The van der Waals surface area contributed by atoms with Crippen molar-refractivity contribution in [1.82, 2.24) is 16.0 Å². The molecule has 2 unspecified atom stereocenters. The van der Waals surface area contributed by atoms with E-state index in [9.17, 15) is 32.3 Å². The number of carbonyl (C=O) groups excluding carboxylic acids is 2. The van der Waals surface area contributed by atoms with Gasteiger partial charge in [0.1, 0.15) is 11.9 Å². The number of guanidine groups is 1. The Balaban J connectivity index is 1.65. The average Bonchev–Trinajstić information content (AvgIpc) is 2.85. The number of amides is 2. The van der Waals surface area contributed by atoms with Gasteiger partial charge >= 0.3 is 6.18 Å². The number of carbonyl (C=O) groups is 2. The lowest BCUT2D eigenvalue weighted by molar-refractivity contribution is -0.180. The van der Waals surface area contributed by atoms with Crippen molar-refractivity contribution in [3.8, 4) is 5.75 Å². The molecule has 3 rings (SSSR count). The zero-order chi connectivity index (χ0) is 29.0. The van der Waals surface area contributed by atoms with E-state index in [1.807, 2.05) is 0 Å². The molecule has 0 bridgehead atoms. The minimum atomic E-state index is -4.51. The van der Waals surface area contributed by atoms with Crippen LogP contribution in [-0.2, 0) is 10.2 Å². The highest BCUT2D eigenvalue weighted by Gasteiger charge is 2.48. The minimum Gasteiger partial charge on any atom is -0.508 e. The summed E-state index contributed by atoms with van der Waals surface area (Å²) < 4.78 is 54.0. The van der Waals surface area contributed by atoms with E-state index in [1.165, 1.54) is 36.4 Å². The Morgan fingerprint density at radius 3 is 2.51 bits per heavy atom. The smallest absolute Gasteiger partial charge is 0.397 e. The lowest BCUT2D eigenvalue weighted by atomic mass is 9.82. The van der Waals surface area contributed by atoms with Gasteiger partial charge in [0.15, 0.2) is 5.96 Å². The zero-order valence-corrected chi connectivity index (χ0v) is 22.3. The number of anilines is 1. The highest BCUT2D eigenvalue weighted by Crippen LogP contribution is 2.42. The number of nitrogens with zero attached hydrogens (tertiary/aromatic N) is 1. The van der Waals surface area contributed by atoms with Crippen molar-refractivity contribution >= 4 is 35.1 Å². The Kier molecular flexibility index (Phi) is 9.31. The first kappa shape index (κ1) is 30.0. The molecule has 5 N–H and O–H groups in total. The summed E-state index contributed by atoms with van der Waals surface area (Å²) in [6.07, 6.45) is -5.26. The third-order valence-electron chi connectivity index (χ3n) is 6.29. The zero-order valence-electron chi connectivity index (χ0n) is 21.5. The second-order valence-electron chi connectivity index (χ2n) is 9.67. The van der Waals surface area contributed by atoms with Crippen LogP contribution in [0.2, 0.25) is 5.02 Å². The van der Waals surface area contributed by atoms with Gasteiger partial charge in [-0.05, 0) is 55.7 Å². The number of aliphatic imine (C=N–C) groups is 1. The number of phenolic OH excluding ortho intramolecular Hbond substituents is 1. The summed E-state index contributed by atoms with van der Waals surface area (Å²) in [7, 11) is 0. The molecule has 0 saturated heterocycles. The summed E-state index contributed by atoms with van der Waals surface area (Å²) >= 11 is 6.12. The first-order valence-corrected chi connectivity index (χ1v) is 12.6. The minimum absolute atomic E-state index is 0.0219. The largest absolute Gasteiger partial charge is 0.508 e. The molecule has 13 heteroatoms. The summed E-state index contributed by atoms with van der Waals surface area (Å²) in [5.41, 5.74) is -1.43. The first-order chi connectivity index (χ1) is 18.2. The molecule has 1 aliphatic heterocycles. The molecule has 0 radical (unpaired) electrons. The molecule has 8 nitrogen and oxygen atoms in total. The lowest BCUT2D eigenvalue weighted by Gasteiger charge is -2.29. The molecular formula is C26H30ClF4N5O3. The molecule has 2 aromatic carbocycles. The van der Waals surface area contributed by atoms with Crippen LogP contribution in [-0.4, -0.2) is 54.9 Å². The van der Waals surface area contributed by atoms with Crippen molar-refractivity contribution in [3.05, 3.63) is 58.1 Å². The molecule has 0 aromatic heterocycles. The van der Waals surface area contributed by atoms with E-state index >= 15 is 0 Å². The first-order valence-electron chi connectivity index (χ1n) is 12.2. The normalized spacial score (nSPS) is 16.5. The van der Waals surface area contributed by atoms with E-state index in [4.69, 9.17) is 11.6 Å². The topological polar surface area (TPSA) is 115 Å². The van der Waals surface area contributed by atoms with Crippen molar-refractivity contribution in [2.45, 2.75) is 51.0 Å². The number of nitrogens with one attached hydrogen (secondary N) is 4. The number of phenols is 1. The molecule has 0 spiro atoms.